The molecule has 0 atom stereocenters. The molecule has 0 saturated heterocycles. The van der Waals surface area contributed by atoms with E-state index in [1.54, 1.807) is 6.21 Å². The first-order valence-electron chi connectivity index (χ1n) is 7.49. The standard InChI is InChI=1S/C17H22N2O2/c20-17(18-12-11-15-7-3-1-4-8-15)14-21-19-13-16-9-5-2-6-10-16/h2,5-7,9-10,13H,1,3-4,8,11-12,14H2,(H,18,20)/b19-13-. The molecule has 0 aliphatic heterocycles. The van der Waals surface area contributed by atoms with Crippen LogP contribution in [0.5, 0.6) is 0 Å². The Labute approximate surface area is 125 Å². The van der Waals surface area contributed by atoms with Gasteiger partial charge in [0, 0.05) is 6.54 Å². The lowest BCUT2D eigenvalue weighted by Crippen LogP contribution is -2.28. The van der Waals surface area contributed by atoms with Gasteiger partial charge >= 0.3 is 0 Å². The minimum Gasteiger partial charge on any atom is -0.386 e. The van der Waals surface area contributed by atoms with Crippen molar-refractivity contribution >= 4 is 12.1 Å². The highest BCUT2D eigenvalue weighted by molar-refractivity contribution is 5.79. The summed E-state index contributed by atoms with van der Waals surface area (Å²) in [5.41, 5.74) is 2.41. The molecular formula is C17H22N2O2. The van der Waals surface area contributed by atoms with Crippen LogP contribution in [0.15, 0.2) is 47.1 Å². The monoisotopic (exact) mass is 286 g/mol. The number of benzene rings is 1. The number of nitrogens with one attached hydrogen (secondary N) is 1. The molecule has 0 bridgehead atoms. The van der Waals surface area contributed by atoms with Crippen LogP contribution in [0.1, 0.15) is 37.7 Å². The van der Waals surface area contributed by atoms with Crippen LogP contribution < -0.4 is 5.32 Å². The number of oxime groups is 1. The zero-order valence-corrected chi connectivity index (χ0v) is 12.3. The van der Waals surface area contributed by atoms with Crippen LogP contribution in [-0.2, 0) is 9.63 Å². The van der Waals surface area contributed by atoms with Crippen LogP contribution in [0.25, 0.3) is 0 Å². The van der Waals surface area contributed by atoms with Gasteiger partial charge in [-0.05, 0) is 37.7 Å². The maximum atomic E-state index is 11.6. The predicted octanol–water partition coefficient (Wildman–Crippen LogP) is 3.04. The summed E-state index contributed by atoms with van der Waals surface area (Å²) in [6.07, 6.45) is 9.77. The van der Waals surface area contributed by atoms with E-state index in [0.717, 1.165) is 12.0 Å². The summed E-state index contributed by atoms with van der Waals surface area (Å²) in [5, 5.41) is 6.63. The highest BCUT2D eigenvalue weighted by atomic mass is 16.6. The van der Waals surface area contributed by atoms with E-state index < -0.39 is 0 Å². The lowest BCUT2D eigenvalue weighted by atomic mass is 9.97. The SMILES string of the molecule is O=C(CO/N=C\c1ccccc1)NCCC1=CCCCC1. The van der Waals surface area contributed by atoms with Crippen molar-refractivity contribution in [3.05, 3.63) is 47.5 Å². The molecule has 1 aliphatic carbocycles. The number of hydrogen-bond acceptors (Lipinski definition) is 3. The molecule has 1 aromatic rings. The third-order valence-electron chi connectivity index (χ3n) is 3.42. The van der Waals surface area contributed by atoms with Crippen LogP contribution in [0.2, 0.25) is 0 Å². The molecule has 0 spiro atoms. The van der Waals surface area contributed by atoms with Crippen molar-refractivity contribution in [2.45, 2.75) is 32.1 Å². The van der Waals surface area contributed by atoms with Crippen molar-refractivity contribution in [3.63, 3.8) is 0 Å². The summed E-state index contributed by atoms with van der Waals surface area (Å²) < 4.78 is 0. The van der Waals surface area contributed by atoms with Gasteiger partial charge in [-0.3, -0.25) is 4.79 Å². The second kappa shape index (κ2) is 8.95. The maximum Gasteiger partial charge on any atom is 0.260 e. The number of nitrogens with zero attached hydrogens (tertiary/aromatic N) is 1. The number of carbonyl (C=O) groups excluding carboxylic acids is 1. The third kappa shape index (κ3) is 6.25. The van der Waals surface area contributed by atoms with E-state index in [4.69, 9.17) is 4.84 Å². The van der Waals surface area contributed by atoms with Crippen LogP contribution in [0.3, 0.4) is 0 Å². The summed E-state index contributed by atoms with van der Waals surface area (Å²) in [5.74, 6) is -0.128. The first kappa shape index (κ1) is 15.3. The summed E-state index contributed by atoms with van der Waals surface area (Å²) in [6.45, 7) is 0.638. The Morgan fingerprint density at radius 3 is 2.90 bits per heavy atom. The number of carbonyl (C=O) groups is 1. The van der Waals surface area contributed by atoms with Gasteiger partial charge < -0.3 is 10.2 Å². The fourth-order valence-electron chi connectivity index (χ4n) is 2.28. The number of rotatable bonds is 7. The van der Waals surface area contributed by atoms with Gasteiger partial charge in [0.25, 0.3) is 5.91 Å². The van der Waals surface area contributed by atoms with Gasteiger partial charge in [-0.1, -0.05) is 47.1 Å². The van der Waals surface area contributed by atoms with Crippen molar-refractivity contribution in [1.82, 2.24) is 5.32 Å². The molecule has 21 heavy (non-hydrogen) atoms. The average molecular weight is 286 g/mol. The smallest absolute Gasteiger partial charge is 0.260 e. The predicted molar refractivity (Wildman–Crippen MR) is 84.2 cm³/mol. The first-order chi connectivity index (χ1) is 10.3. The molecular weight excluding hydrogens is 264 g/mol. The van der Waals surface area contributed by atoms with Crippen molar-refractivity contribution < 1.29 is 9.63 Å². The molecule has 0 radical (unpaired) electrons. The van der Waals surface area contributed by atoms with Crippen molar-refractivity contribution in [2.75, 3.05) is 13.2 Å². The van der Waals surface area contributed by atoms with E-state index in [2.05, 4.69) is 16.5 Å². The molecule has 1 aliphatic rings. The average Bonchev–Trinajstić information content (AvgIpc) is 2.54. The molecule has 0 saturated carbocycles. The zero-order chi connectivity index (χ0) is 14.8. The lowest BCUT2D eigenvalue weighted by Gasteiger charge is -2.12. The fourth-order valence-corrected chi connectivity index (χ4v) is 2.28. The summed E-state index contributed by atoms with van der Waals surface area (Å²) >= 11 is 0. The van der Waals surface area contributed by atoms with Gasteiger partial charge in [0.15, 0.2) is 6.61 Å². The Kier molecular flexibility index (Phi) is 6.52. The van der Waals surface area contributed by atoms with Crippen molar-refractivity contribution in [2.24, 2.45) is 5.16 Å². The normalized spacial score (nSPS) is 14.8. The molecule has 0 heterocycles. The maximum absolute atomic E-state index is 11.6. The minimum atomic E-state index is -0.128. The zero-order valence-electron chi connectivity index (χ0n) is 12.3. The Balaban J connectivity index is 1.57. The Hall–Kier alpha value is -2.10. The van der Waals surface area contributed by atoms with Crippen LogP contribution in [-0.4, -0.2) is 25.3 Å². The molecule has 0 fully saturated rings. The summed E-state index contributed by atoms with van der Waals surface area (Å²) in [7, 11) is 0. The number of allylic oxidation sites excluding steroid dienone is 1. The quantitative estimate of drug-likeness (QED) is 0.476. The molecule has 1 aromatic carbocycles. The van der Waals surface area contributed by atoms with Gasteiger partial charge in [0.05, 0.1) is 6.21 Å². The Morgan fingerprint density at radius 2 is 2.14 bits per heavy atom. The summed E-state index contributed by atoms with van der Waals surface area (Å²) in [6, 6.07) is 9.63. The second-order valence-corrected chi connectivity index (χ2v) is 5.13. The van der Waals surface area contributed by atoms with Gasteiger partial charge in [-0.2, -0.15) is 0 Å². The van der Waals surface area contributed by atoms with E-state index in [1.165, 1.54) is 31.3 Å². The molecule has 4 heteroatoms. The third-order valence-corrected chi connectivity index (χ3v) is 3.42. The molecule has 1 N–H and O–H groups in total. The molecule has 0 unspecified atom stereocenters. The highest BCUT2D eigenvalue weighted by Gasteiger charge is 2.05. The van der Waals surface area contributed by atoms with Crippen molar-refractivity contribution in [3.8, 4) is 0 Å². The minimum absolute atomic E-state index is 0.0393. The van der Waals surface area contributed by atoms with E-state index in [-0.39, 0.29) is 12.5 Å². The van der Waals surface area contributed by atoms with E-state index in [0.29, 0.717) is 6.54 Å². The van der Waals surface area contributed by atoms with Gasteiger partial charge in [-0.25, -0.2) is 0 Å². The number of amides is 1. The molecule has 0 aromatic heterocycles. The second-order valence-electron chi connectivity index (χ2n) is 5.13. The van der Waals surface area contributed by atoms with Gasteiger partial charge in [-0.15, -0.1) is 0 Å². The van der Waals surface area contributed by atoms with Gasteiger partial charge in [0.2, 0.25) is 0 Å². The van der Waals surface area contributed by atoms with Crippen molar-refractivity contribution in [1.29, 1.82) is 0 Å². The first-order valence-corrected chi connectivity index (χ1v) is 7.49. The fraction of sp³-hybridized carbons (Fsp3) is 0.412. The van der Waals surface area contributed by atoms with E-state index in [9.17, 15) is 4.79 Å². The molecule has 4 nitrogen and oxygen atoms in total. The molecule has 2 rings (SSSR count). The molecule has 1 amide bonds. The van der Waals surface area contributed by atoms with E-state index >= 15 is 0 Å². The van der Waals surface area contributed by atoms with Crippen LogP contribution in [0.4, 0.5) is 0 Å². The largest absolute Gasteiger partial charge is 0.386 e. The Bertz CT molecular complexity index is 495. The van der Waals surface area contributed by atoms with Crippen LogP contribution in [0, 0.1) is 0 Å². The van der Waals surface area contributed by atoms with Gasteiger partial charge in [0.1, 0.15) is 0 Å². The van der Waals surface area contributed by atoms with E-state index in [1.807, 2.05) is 30.3 Å². The summed E-state index contributed by atoms with van der Waals surface area (Å²) in [4.78, 5) is 16.6. The van der Waals surface area contributed by atoms with Crippen LogP contribution >= 0.6 is 0 Å². The highest BCUT2D eigenvalue weighted by Crippen LogP contribution is 2.19. The molecule has 112 valence electrons. The lowest BCUT2D eigenvalue weighted by molar-refractivity contribution is -0.125. The topological polar surface area (TPSA) is 50.7 Å². The number of hydrogen-bond donors (Lipinski definition) is 1. The Morgan fingerprint density at radius 1 is 1.29 bits per heavy atom.